The second kappa shape index (κ2) is 6.19. The van der Waals surface area contributed by atoms with E-state index in [1.165, 1.54) is 16.0 Å². The van der Waals surface area contributed by atoms with Crippen molar-refractivity contribution >= 4 is 11.8 Å². The van der Waals surface area contributed by atoms with Gasteiger partial charge in [0.2, 0.25) is 0 Å². The van der Waals surface area contributed by atoms with Gasteiger partial charge in [-0.2, -0.15) is 0 Å². The van der Waals surface area contributed by atoms with Crippen molar-refractivity contribution in [3.05, 3.63) is 29.3 Å². The van der Waals surface area contributed by atoms with Crippen molar-refractivity contribution in [3.8, 4) is 0 Å². The van der Waals surface area contributed by atoms with Crippen LogP contribution < -0.4 is 5.32 Å². The lowest BCUT2D eigenvalue weighted by molar-refractivity contribution is 0.551. The van der Waals surface area contributed by atoms with Crippen molar-refractivity contribution in [3.63, 3.8) is 0 Å². The first-order chi connectivity index (χ1) is 7.13. The lowest BCUT2D eigenvalue weighted by Crippen LogP contribution is -2.19. The molecule has 0 radical (unpaired) electrons. The molecular formula is C13H21NS. The Morgan fingerprint density at radius 2 is 2.07 bits per heavy atom. The SMILES string of the molecule is CSc1ccc(CNCC(C)C)c(C)c1. The van der Waals surface area contributed by atoms with Crippen molar-refractivity contribution in [2.45, 2.75) is 32.2 Å². The monoisotopic (exact) mass is 223 g/mol. The van der Waals surface area contributed by atoms with Gasteiger partial charge in [0.15, 0.2) is 0 Å². The fourth-order valence-electron chi connectivity index (χ4n) is 1.49. The van der Waals surface area contributed by atoms with Gasteiger partial charge in [-0.3, -0.25) is 0 Å². The molecule has 0 unspecified atom stereocenters. The van der Waals surface area contributed by atoms with Crippen molar-refractivity contribution in [2.75, 3.05) is 12.8 Å². The molecule has 0 bridgehead atoms. The van der Waals surface area contributed by atoms with E-state index in [9.17, 15) is 0 Å². The lowest BCUT2D eigenvalue weighted by atomic mass is 10.1. The molecule has 1 aromatic rings. The zero-order valence-electron chi connectivity index (χ0n) is 10.1. The van der Waals surface area contributed by atoms with E-state index in [1.54, 1.807) is 11.8 Å². The molecule has 84 valence electrons. The van der Waals surface area contributed by atoms with Gasteiger partial charge in [0.1, 0.15) is 0 Å². The van der Waals surface area contributed by atoms with E-state index in [-0.39, 0.29) is 0 Å². The van der Waals surface area contributed by atoms with E-state index in [0.29, 0.717) is 0 Å². The minimum absolute atomic E-state index is 0.718. The molecule has 1 N–H and O–H groups in total. The Bertz CT molecular complexity index is 307. The quantitative estimate of drug-likeness (QED) is 0.767. The molecule has 0 atom stereocenters. The molecule has 0 fully saturated rings. The van der Waals surface area contributed by atoms with Crippen molar-refractivity contribution in [2.24, 2.45) is 5.92 Å². The molecule has 0 heterocycles. The number of hydrogen-bond donors (Lipinski definition) is 1. The number of nitrogens with one attached hydrogen (secondary N) is 1. The van der Waals surface area contributed by atoms with Crippen LogP contribution in [0.25, 0.3) is 0 Å². The molecule has 2 heteroatoms. The molecule has 1 rings (SSSR count). The van der Waals surface area contributed by atoms with Gasteiger partial charge < -0.3 is 5.32 Å². The Balaban J connectivity index is 2.54. The molecule has 0 saturated carbocycles. The molecule has 1 nitrogen and oxygen atoms in total. The van der Waals surface area contributed by atoms with Crippen molar-refractivity contribution in [1.82, 2.24) is 5.32 Å². The van der Waals surface area contributed by atoms with E-state index >= 15 is 0 Å². The molecule has 0 aromatic heterocycles. The molecule has 1 aromatic carbocycles. The minimum atomic E-state index is 0.718. The summed E-state index contributed by atoms with van der Waals surface area (Å²) in [6.07, 6.45) is 2.12. The van der Waals surface area contributed by atoms with Crippen LogP contribution >= 0.6 is 11.8 Å². The maximum absolute atomic E-state index is 3.47. The summed E-state index contributed by atoms with van der Waals surface area (Å²) in [5, 5.41) is 3.47. The second-order valence-electron chi connectivity index (χ2n) is 4.32. The first-order valence-corrected chi connectivity index (χ1v) is 6.70. The fraction of sp³-hybridized carbons (Fsp3) is 0.538. The first kappa shape index (κ1) is 12.6. The molecule has 0 aliphatic heterocycles. The average molecular weight is 223 g/mol. The second-order valence-corrected chi connectivity index (χ2v) is 5.20. The summed E-state index contributed by atoms with van der Waals surface area (Å²) in [6, 6.07) is 6.69. The van der Waals surface area contributed by atoms with Crippen molar-refractivity contribution < 1.29 is 0 Å². The largest absolute Gasteiger partial charge is 0.312 e. The van der Waals surface area contributed by atoms with Gasteiger partial charge in [-0.15, -0.1) is 11.8 Å². The Hall–Kier alpha value is -0.470. The van der Waals surface area contributed by atoms with Crippen LogP contribution in [-0.2, 0) is 6.54 Å². The molecule has 0 amide bonds. The highest BCUT2D eigenvalue weighted by Gasteiger charge is 2.00. The summed E-state index contributed by atoms with van der Waals surface area (Å²) in [7, 11) is 0. The maximum Gasteiger partial charge on any atom is 0.0208 e. The van der Waals surface area contributed by atoms with Crippen molar-refractivity contribution in [1.29, 1.82) is 0 Å². The summed E-state index contributed by atoms with van der Waals surface area (Å²) in [6.45, 7) is 8.72. The lowest BCUT2D eigenvalue weighted by Gasteiger charge is -2.10. The van der Waals surface area contributed by atoms with Crippen LogP contribution in [0, 0.1) is 12.8 Å². The van der Waals surface area contributed by atoms with Crippen LogP contribution in [0.5, 0.6) is 0 Å². The number of aryl methyl sites for hydroxylation is 1. The molecular weight excluding hydrogens is 202 g/mol. The molecule has 0 aliphatic carbocycles. The van der Waals surface area contributed by atoms with Gasteiger partial charge in [0.25, 0.3) is 0 Å². The number of thioether (sulfide) groups is 1. The minimum Gasteiger partial charge on any atom is -0.312 e. The fourth-order valence-corrected chi connectivity index (χ4v) is 1.99. The summed E-state index contributed by atoms with van der Waals surface area (Å²) in [5.41, 5.74) is 2.80. The number of rotatable bonds is 5. The van der Waals surface area contributed by atoms with E-state index in [2.05, 4.69) is 50.5 Å². The highest BCUT2D eigenvalue weighted by Crippen LogP contribution is 2.18. The Kier molecular flexibility index (Phi) is 5.20. The smallest absolute Gasteiger partial charge is 0.0208 e. The molecule has 15 heavy (non-hydrogen) atoms. The number of hydrogen-bond acceptors (Lipinski definition) is 2. The standard InChI is InChI=1S/C13H21NS/c1-10(2)8-14-9-12-5-6-13(15-4)7-11(12)3/h5-7,10,14H,8-9H2,1-4H3. The summed E-state index contributed by atoms with van der Waals surface area (Å²) >= 11 is 1.80. The van der Waals surface area contributed by atoms with E-state index in [1.807, 2.05) is 0 Å². The first-order valence-electron chi connectivity index (χ1n) is 5.47. The molecule has 0 spiro atoms. The highest BCUT2D eigenvalue weighted by molar-refractivity contribution is 7.98. The van der Waals surface area contributed by atoms with Crippen LogP contribution in [0.15, 0.2) is 23.1 Å². The van der Waals surface area contributed by atoms with E-state index in [0.717, 1.165) is 19.0 Å². The van der Waals surface area contributed by atoms with Gasteiger partial charge in [-0.25, -0.2) is 0 Å². The van der Waals surface area contributed by atoms with Crippen LogP contribution in [0.2, 0.25) is 0 Å². The molecule has 0 saturated heterocycles. The summed E-state index contributed by atoms with van der Waals surface area (Å²) in [5.74, 6) is 0.718. The van der Waals surface area contributed by atoms with Gasteiger partial charge in [0, 0.05) is 11.4 Å². The third kappa shape index (κ3) is 4.27. The third-order valence-corrected chi connectivity index (χ3v) is 3.14. The maximum atomic E-state index is 3.47. The van der Waals surface area contributed by atoms with Crippen LogP contribution in [0.1, 0.15) is 25.0 Å². The topological polar surface area (TPSA) is 12.0 Å². The predicted octanol–water partition coefficient (Wildman–Crippen LogP) is 3.46. The van der Waals surface area contributed by atoms with Gasteiger partial charge in [-0.1, -0.05) is 19.9 Å². The molecule has 0 aliphatic rings. The summed E-state index contributed by atoms with van der Waals surface area (Å²) in [4.78, 5) is 1.35. The Morgan fingerprint density at radius 3 is 2.60 bits per heavy atom. The van der Waals surface area contributed by atoms with E-state index in [4.69, 9.17) is 0 Å². The average Bonchev–Trinajstić information content (AvgIpc) is 2.20. The Labute approximate surface area is 97.7 Å². The predicted molar refractivity (Wildman–Crippen MR) is 69.5 cm³/mol. The normalized spacial score (nSPS) is 11.0. The van der Waals surface area contributed by atoms with Crippen LogP contribution in [0.3, 0.4) is 0 Å². The van der Waals surface area contributed by atoms with Gasteiger partial charge >= 0.3 is 0 Å². The van der Waals surface area contributed by atoms with E-state index < -0.39 is 0 Å². The van der Waals surface area contributed by atoms with Gasteiger partial charge in [-0.05, 0) is 48.9 Å². The van der Waals surface area contributed by atoms with Crippen LogP contribution in [-0.4, -0.2) is 12.8 Å². The number of benzene rings is 1. The summed E-state index contributed by atoms with van der Waals surface area (Å²) < 4.78 is 0. The third-order valence-electron chi connectivity index (χ3n) is 2.42. The van der Waals surface area contributed by atoms with Gasteiger partial charge in [0.05, 0.1) is 0 Å². The highest BCUT2D eigenvalue weighted by atomic mass is 32.2. The zero-order valence-corrected chi connectivity index (χ0v) is 10.9. The Morgan fingerprint density at radius 1 is 1.33 bits per heavy atom. The van der Waals surface area contributed by atoms with Crippen LogP contribution in [0.4, 0.5) is 0 Å². The zero-order chi connectivity index (χ0) is 11.3.